The molecule has 0 unspecified atom stereocenters. The number of Topliss-reactive ketones (excluding diaryl/α,β-unsaturated/α-hetero) is 1. The third-order valence-corrected chi connectivity index (χ3v) is 5.84. The van der Waals surface area contributed by atoms with Crippen LogP contribution in [0, 0.1) is 13.8 Å². The molecular weight excluding hydrogens is 400 g/mol. The van der Waals surface area contributed by atoms with Crippen molar-refractivity contribution in [2.24, 2.45) is 0 Å². The average Bonchev–Trinajstić information content (AvgIpc) is 3.32. The maximum absolute atomic E-state index is 12.8. The minimum absolute atomic E-state index is 0.109. The molecule has 0 aliphatic rings. The maximum Gasteiger partial charge on any atom is 0.336 e. The van der Waals surface area contributed by atoms with Crippen LogP contribution in [0.4, 0.5) is 0 Å². The minimum atomic E-state index is -0.394. The average molecular weight is 423 g/mol. The molecule has 0 fully saturated rings. The first kappa shape index (κ1) is 20.1. The molecule has 0 spiro atoms. The molecule has 0 radical (unpaired) electrons. The van der Waals surface area contributed by atoms with E-state index in [9.17, 15) is 9.59 Å². The van der Waals surface area contributed by atoms with E-state index in [1.807, 2.05) is 49.8 Å². The van der Waals surface area contributed by atoms with Crippen LogP contribution in [-0.2, 0) is 0 Å². The Hall–Kier alpha value is -3.19. The highest BCUT2D eigenvalue weighted by Gasteiger charge is 2.18. The summed E-state index contributed by atoms with van der Waals surface area (Å²) >= 11 is 1.52. The highest BCUT2D eigenvalue weighted by Crippen LogP contribution is 2.27. The second-order valence-electron chi connectivity index (χ2n) is 7.48. The highest BCUT2D eigenvalue weighted by molar-refractivity contribution is 7.12. The van der Waals surface area contributed by atoms with Crippen LogP contribution in [0.1, 0.15) is 47.1 Å². The molecule has 3 aromatic heterocycles. The van der Waals surface area contributed by atoms with E-state index in [1.54, 1.807) is 18.3 Å². The number of ether oxygens (including phenoxy) is 1. The Labute approximate surface area is 177 Å². The molecule has 3 heterocycles. The van der Waals surface area contributed by atoms with Crippen molar-refractivity contribution >= 4 is 28.1 Å². The third kappa shape index (κ3) is 3.68. The molecule has 7 heteroatoms. The number of aromatic nitrogens is 2. The van der Waals surface area contributed by atoms with Crippen molar-refractivity contribution in [3.05, 3.63) is 74.8 Å². The van der Waals surface area contributed by atoms with Crippen LogP contribution in [-0.4, -0.2) is 21.9 Å². The summed E-state index contributed by atoms with van der Waals surface area (Å²) in [6, 6.07) is 8.70. The van der Waals surface area contributed by atoms with E-state index in [1.165, 1.54) is 17.4 Å². The van der Waals surface area contributed by atoms with Gasteiger partial charge in [-0.1, -0.05) is 13.8 Å². The topological polar surface area (TPSA) is 74.3 Å². The Bertz CT molecular complexity index is 1280. The van der Waals surface area contributed by atoms with Crippen LogP contribution in [0.5, 0.6) is 5.75 Å². The molecule has 154 valence electrons. The SMILES string of the molecule is Cc1cc(C(=O)COc2ccc3c(C(C)C)cc(=O)oc3c2)c(C)n1-c1nccs1. The van der Waals surface area contributed by atoms with Crippen LogP contribution < -0.4 is 10.4 Å². The quantitative estimate of drug-likeness (QED) is 0.321. The van der Waals surface area contributed by atoms with Gasteiger partial charge in [0.05, 0.1) is 0 Å². The van der Waals surface area contributed by atoms with E-state index in [4.69, 9.17) is 9.15 Å². The Balaban J connectivity index is 1.57. The maximum atomic E-state index is 12.8. The van der Waals surface area contributed by atoms with Gasteiger partial charge in [0.15, 0.2) is 11.7 Å². The summed E-state index contributed by atoms with van der Waals surface area (Å²) in [5, 5.41) is 3.60. The summed E-state index contributed by atoms with van der Waals surface area (Å²) in [5.41, 5.74) is 3.38. The zero-order valence-electron chi connectivity index (χ0n) is 17.3. The van der Waals surface area contributed by atoms with Crippen molar-refractivity contribution < 1.29 is 13.9 Å². The van der Waals surface area contributed by atoms with Crippen LogP contribution in [0.25, 0.3) is 16.1 Å². The summed E-state index contributed by atoms with van der Waals surface area (Å²) < 4.78 is 13.0. The number of thiazole rings is 1. The predicted octanol–water partition coefficient (Wildman–Crippen LogP) is 5.04. The van der Waals surface area contributed by atoms with Gasteiger partial charge in [-0.3, -0.25) is 9.36 Å². The van der Waals surface area contributed by atoms with Crippen molar-refractivity contribution in [1.29, 1.82) is 0 Å². The smallest absolute Gasteiger partial charge is 0.336 e. The molecule has 0 N–H and O–H groups in total. The molecule has 0 amide bonds. The summed E-state index contributed by atoms with van der Waals surface area (Å²) in [6.45, 7) is 7.80. The molecule has 4 rings (SSSR count). The number of hydrogen-bond donors (Lipinski definition) is 0. The van der Waals surface area contributed by atoms with Gasteiger partial charge in [0.2, 0.25) is 5.78 Å². The van der Waals surface area contributed by atoms with E-state index < -0.39 is 5.63 Å². The highest BCUT2D eigenvalue weighted by atomic mass is 32.1. The van der Waals surface area contributed by atoms with Crippen LogP contribution in [0.3, 0.4) is 0 Å². The van der Waals surface area contributed by atoms with Gasteiger partial charge in [-0.05, 0) is 43.5 Å². The van der Waals surface area contributed by atoms with Gasteiger partial charge in [0.1, 0.15) is 11.3 Å². The largest absolute Gasteiger partial charge is 0.485 e. The van der Waals surface area contributed by atoms with E-state index in [0.29, 0.717) is 16.9 Å². The van der Waals surface area contributed by atoms with Gasteiger partial charge < -0.3 is 9.15 Å². The lowest BCUT2D eigenvalue weighted by Gasteiger charge is -2.10. The lowest BCUT2D eigenvalue weighted by atomic mass is 10.00. The van der Waals surface area contributed by atoms with Crippen LogP contribution in [0.15, 0.2) is 51.1 Å². The van der Waals surface area contributed by atoms with Crippen molar-refractivity contribution in [1.82, 2.24) is 9.55 Å². The van der Waals surface area contributed by atoms with Crippen molar-refractivity contribution in [3.8, 4) is 10.9 Å². The van der Waals surface area contributed by atoms with Gasteiger partial charge >= 0.3 is 5.63 Å². The Morgan fingerprint density at radius 2 is 2.03 bits per heavy atom. The first-order valence-electron chi connectivity index (χ1n) is 9.67. The monoisotopic (exact) mass is 422 g/mol. The van der Waals surface area contributed by atoms with Gasteiger partial charge in [0, 0.05) is 46.0 Å². The number of carbonyl (C=O) groups is 1. The Kier molecular flexibility index (Phi) is 5.30. The Morgan fingerprint density at radius 3 is 2.73 bits per heavy atom. The van der Waals surface area contributed by atoms with Gasteiger partial charge in [-0.25, -0.2) is 9.78 Å². The molecule has 6 nitrogen and oxygen atoms in total. The van der Waals surface area contributed by atoms with E-state index in [2.05, 4.69) is 4.98 Å². The number of benzene rings is 1. The molecular formula is C23H22N2O4S. The summed E-state index contributed by atoms with van der Waals surface area (Å²) in [6.07, 6.45) is 1.74. The summed E-state index contributed by atoms with van der Waals surface area (Å²) in [7, 11) is 0. The van der Waals surface area contributed by atoms with Gasteiger partial charge in [-0.2, -0.15) is 0 Å². The number of fused-ring (bicyclic) bond motifs is 1. The Morgan fingerprint density at radius 1 is 1.23 bits per heavy atom. The molecule has 0 atom stereocenters. The minimum Gasteiger partial charge on any atom is -0.485 e. The third-order valence-electron chi connectivity index (χ3n) is 5.08. The molecule has 30 heavy (non-hydrogen) atoms. The zero-order chi connectivity index (χ0) is 21.4. The number of nitrogens with zero attached hydrogens (tertiary/aromatic N) is 2. The first-order chi connectivity index (χ1) is 14.3. The fourth-order valence-corrected chi connectivity index (χ4v) is 4.38. The number of aryl methyl sites for hydroxylation is 1. The molecule has 0 saturated heterocycles. The predicted molar refractivity (Wildman–Crippen MR) is 117 cm³/mol. The molecule has 1 aromatic carbocycles. The molecule has 4 aromatic rings. The molecule has 0 bridgehead atoms. The number of ketones is 1. The second kappa shape index (κ2) is 7.91. The number of rotatable bonds is 6. The fourth-order valence-electron chi connectivity index (χ4n) is 3.63. The van der Waals surface area contributed by atoms with E-state index in [0.717, 1.165) is 27.5 Å². The fraction of sp³-hybridized carbons (Fsp3) is 0.261. The zero-order valence-corrected chi connectivity index (χ0v) is 18.1. The van der Waals surface area contributed by atoms with E-state index in [-0.39, 0.29) is 18.3 Å². The van der Waals surface area contributed by atoms with Gasteiger partial charge in [-0.15, -0.1) is 11.3 Å². The van der Waals surface area contributed by atoms with Crippen LogP contribution >= 0.6 is 11.3 Å². The molecule has 0 saturated carbocycles. The lowest BCUT2D eigenvalue weighted by Crippen LogP contribution is -2.13. The summed E-state index contributed by atoms with van der Waals surface area (Å²) in [5.74, 6) is 0.551. The lowest BCUT2D eigenvalue weighted by molar-refractivity contribution is 0.0921. The van der Waals surface area contributed by atoms with Crippen molar-refractivity contribution in [3.63, 3.8) is 0 Å². The molecule has 0 aliphatic heterocycles. The number of hydrogen-bond acceptors (Lipinski definition) is 6. The normalized spacial score (nSPS) is 11.4. The second-order valence-corrected chi connectivity index (χ2v) is 8.35. The summed E-state index contributed by atoms with van der Waals surface area (Å²) in [4.78, 5) is 29.0. The van der Waals surface area contributed by atoms with Crippen molar-refractivity contribution in [2.75, 3.05) is 6.61 Å². The van der Waals surface area contributed by atoms with E-state index >= 15 is 0 Å². The van der Waals surface area contributed by atoms with Crippen molar-refractivity contribution in [2.45, 2.75) is 33.6 Å². The standard InChI is InChI=1S/C23H22N2O4S/c1-13(2)18-11-22(27)29-21-10-16(5-6-17(18)21)28-12-20(26)19-9-14(3)25(15(19)4)23-24-7-8-30-23/h5-11,13H,12H2,1-4H3. The van der Waals surface area contributed by atoms with Gasteiger partial charge in [0.25, 0.3) is 0 Å². The number of carbonyl (C=O) groups excluding carboxylic acids is 1. The first-order valence-corrected chi connectivity index (χ1v) is 10.6. The van der Waals surface area contributed by atoms with Crippen LogP contribution in [0.2, 0.25) is 0 Å². The molecule has 0 aliphatic carbocycles.